The van der Waals surface area contributed by atoms with Gasteiger partial charge in [-0.3, -0.25) is 4.79 Å². The van der Waals surface area contributed by atoms with Gasteiger partial charge in [0.05, 0.1) is 29.4 Å². The van der Waals surface area contributed by atoms with Crippen molar-refractivity contribution in [2.75, 3.05) is 14.2 Å². The van der Waals surface area contributed by atoms with Crippen LogP contribution in [0.1, 0.15) is 21.5 Å². The van der Waals surface area contributed by atoms with Crippen molar-refractivity contribution in [1.82, 2.24) is 5.43 Å². The van der Waals surface area contributed by atoms with Crippen LogP contribution in [0, 0.1) is 0 Å². The Kier molecular flexibility index (Phi) is 8.72. The third kappa shape index (κ3) is 6.57. The van der Waals surface area contributed by atoms with E-state index in [0.29, 0.717) is 29.4 Å². The van der Waals surface area contributed by atoms with Crippen molar-refractivity contribution in [3.05, 3.63) is 84.7 Å². The van der Waals surface area contributed by atoms with Gasteiger partial charge in [-0.2, -0.15) is 5.10 Å². The Labute approximate surface area is 211 Å². The molecule has 0 unspecified atom stereocenters. The van der Waals surface area contributed by atoms with Gasteiger partial charge in [0, 0.05) is 16.1 Å². The molecule has 32 heavy (non-hydrogen) atoms. The number of ether oxygens (including phenoxy) is 3. The van der Waals surface area contributed by atoms with Crippen molar-refractivity contribution in [3.8, 4) is 17.2 Å². The first-order valence-electron chi connectivity index (χ1n) is 9.32. The van der Waals surface area contributed by atoms with Crippen LogP contribution in [0.5, 0.6) is 17.2 Å². The highest BCUT2D eigenvalue weighted by Crippen LogP contribution is 2.35. The Morgan fingerprint density at radius 1 is 0.938 bits per heavy atom. The number of hydrogen-bond donors (Lipinski definition) is 1. The number of amides is 1. The molecule has 0 spiro atoms. The first kappa shape index (κ1) is 24.3. The highest BCUT2D eigenvalue weighted by atomic mass is 79.9. The zero-order chi connectivity index (χ0) is 23.1. The molecule has 1 amide bonds. The summed E-state index contributed by atoms with van der Waals surface area (Å²) < 4.78 is 18.9. The van der Waals surface area contributed by atoms with Crippen molar-refractivity contribution in [1.29, 1.82) is 0 Å². The van der Waals surface area contributed by atoms with E-state index in [1.165, 1.54) is 14.2 Å². The molecule has 3 aromatic carbocycles. The molecule has 6 nitrogen and oxygen atoms in total. The van der Waals surface area contributed by atoms with Crippen LogP contribution >= 0.6 is 47.8 Å². The number of hydrogen-bond acceptors (Lipinski definition) is 5. The van der Waals surface area contributed by atoms with Gasteiger partial charge in [-0.1, -0.05) is 28.1 Å². The van der Waals surface area contributed by atoms with E-state index in [-0.39, 0.29) is 5.91 Å². The predicted molar refractivity (Wildman–Crippen MR) is 135 cm³/mol. The molecule has 0 atom stereocenters. The Bertz CT molecular complexity index is 1090. The second kappa shape index (κ2) is 11.5. The van der Waals surface area contributed by atoms with Gasteiger partial charge < -0.3 is 14.2 Å². The number of benzene rings is 3. The molecule has 0 aliphatic rings. The highest BCUT2D eigenvalue weighted by Gasteiger charge is 2.11. The lowest BCUT2D eigenvalue weighted by Crippen LogP contribution is -2.17. The van der Waals surface area contributed by atoms with Gasteiger partial charge >= 0.3 is 0 Å². The van der Waals surface area contributed by atoms with Crippen LogP contribution in [-0.2, 0) is 6.61 Å². The molecular weight excluding hydrogens is 608 g/mol. The second-order valence-electron chi connectivity index (χ2n) is 6.53. The molecule has 166 valence electrons. The summed E-state index contributed by atoms with van der Waals surface area (Å²) in [6.07, 6.45) is 1.54. The van der Waals surface area contributed by atoms with Gasteiger partial charge in [-0.15, -0.1) is 0 Å². The molecule has 0 fully saturated rings. The Morgan fingerprint density at radius 2 is 1.53 bits per heavy atom. The zero-order valence-electron chi connectivity index (χ0n) is 17.2. The molecule has 0 heterocycles. The maximum Gasteiger partial charge on any atom is 0.271 e. The van der Waals surface area contributed by atoms with Crippen LogP contribution in [0.15, 0.2) is 73.1 Å². The van der Waals surface area contributed by atoms with Crippen molar-refractivity contribution in [2.45, 2.75) is 6.61 Å². The molecule has 0 saturated heterocycles. The van der Waals surface area contributed by atoms with Gasteiger partial charge in [0.2, 0.25) is 0 Å². The average Bonchev–Trinajstić information content (AvgIpc) is 2.79. The minimum atomic E-state index is -0.383. The number of nitrogens with zero attached hydrogens (tertiary/aromatic N) is 1. The lowest BCUT2D eigenvalue weighted by molar-refractivity contribution is 0.0954. The maximum atomic E-state index is 12.4. The summed E-state index contributed by atoms with van der Waals surface area (Å²) in [4.78, 5) is 12.4. The fraction of sp³-hybridized carbons (Fsp3) is 0.130. The van der Waals surface area contributed by atoms with E-state index < -0.39 is 0 Å². The lowest BCUT2D eigenvalue weighted by atomic mass is 10.2. The summed E-state index contributed by atoms with van der Waals surface area (Å²) in [7, 11) is 3.05. The van der Waals surface area contributed by atoms with Crippen molar-refractivity contribution in [2.24, 2.45) is 5.10 Å². The van der Waals surface area contributed by atoms with Crippen LogP contribution < -0.4 is 19.6 Å². The summed E-state index contributed by atoms with van der Waals surface area (Å²) in [5.41, 5.74) is 4.70. The summed E-state index contributed by atoms with van der Waals surface area (Å²) in [6.45, 7) is 0.429. The number of rotatable bonds is 8. The first-order valence-corrected chi connectivity index (χ1v) is 11.7. The monoisotopic (exact) mass is 624 g/mol. The minimum absolute atomic E-state index is 0.373. The van der Waals surface area contributed by atoms with E-state index >= 15 is 0 Å². The standard InChI is InChI=1S/C23H19Br3N2O4/c1-30-18-9-16(10-19(11-18)31-2)23(29)28-27-12-15-7-20(25)22(21(26)8-15)32-13-14-3-5-17(24)6-4-14/h3-12H,13H2,1-2H3,(H,28,29)/b27-12-. The van der Waals surface area contributed by atoms with E-state index in [1.807, 2.05) is 36.4 Å². The summed E-state index contributed by atoms with van der Waals surface area (Å²) in [5, 5.41) is 4.05. The second-order valence-corrected chi connectivity index (χ2v) is 9.15. The number of hydrazone groups is 1. The third-order valence-corrected chi connectivity index (χ3v) is 6.02. The average molecular weight is 627 g/mol. The molecule has 0 aromatic heterocycles. The number of nitrogens with one attached hydrogen (secondary N) is 1. The fourth-order valence-corrected chi connectivity index (χ4v) is 4.41. The third-order valence-electron chi connectivity index (χ3n) is 4.31. The van der Waals surface area contributed by atoms with E-state index in [4.69, 9.17) is 14.2 Å². The molecule has 0 bridgehead atoms. The van der Waals surface area contributed by atoms with Gasteiger partial charge in [0.25, 0.3) is 5.91 Å². The largest absolute Gasteiger partial charge is 0.497 e. The molecular formula is C23H19Br3N2O4. The minimum Gasteiger partial charge on any atom is -0.497 e. The topological polar surface area (TPSA) is 69.2 Å². The SMILES string of the molecule is COc1cc(OC)cc(C(=O)N/N=C\c2cc(Br)c(OCc3ccc(Br)cc3)c(Br)c2)c1. The van der Waals surface area contributed by atoms with Gasteiger partial charge in [0.1, 0.15) is 23.9 Å². The predicted octanol–water partition coefficient (Wildman–Crippen LogP) is 6.33. The summed E-state index contributed by atoms with van der Waals surface area (Å²) >= 11 is 10.5. The number of carbonyl (C=O) groups excluding carboxylic acids is 1. The van der Waals surface area contributed by atoms with Crippen LogP contribution in [0.2, 0.25) is 0 Å². The molecule has 9 heteroatoms. The van der Waals surface area contributed by atoms with E-state index in [9.17, 15) is 4.79 Å². The number of halogens is 3. The Hall–Kier alpha value is -2.36. The molecule has 0 radical (unpaired) electrons. The number of carbonyl (C=O) groups is 1. The van der Waals surface area contributed by atoms with Gasteiger partial charge in [-0.05, 0) is 79.4 Å². The van der Waals surface area contributed by atoms with Crippen LogP contribution in [-0.4, -0.2) is 26.3 Å². The normalized spacial score (nSPS) is 10.8. The first-order chi connectivity index (χ1) is 15.4. The number of methoxy groups -OCH3 is 2. The van der Waals surface area contributed by atoms with E-state index in [1.54, 1.807) is 24.4 Å². The van der Waals surface area contributed by atoms with E-state index in [2.05, 4.69) is 58.3 Å². The smallest absolute Gasteiger partial charge is 0.271 e. The lowest BCUT2D eigenvalue weighted by Gasteiger charge is -2.11. The van der Waals surface area contributed by atoms with Crippen molar-refractivity contribution in [3.63, 3.8) is 0 Å². The van der Waals surface area contributed by atoms with Crippen LogP contribution in [0.3, 0.4) is 0 Å². The molecule has 0 aliphatic carbocycles. The fourth-order valence-electron chi connectivity index (χ4n) is 2.70. The van der Waals surface area contributed by atoms with Gasteiger partial charge in [-0.25, -0.2) is 5.43 Å². The maximum absolute atomic E-state index is 12.4. The van der Waals surface area contributed by atoms with Crippen LogP contribution in [0.4, 0.5) is 0 Å². The van der Waals surface area contributed by atoms with Crippen LogP contribution in [0.25, 0.3) is 0 Å². The Balaban J connectivity index is 1.66. The molecule has 0 saturated carbocycles. The zero-order valence-corrected chi connectivity index (χ0v) is 22.0. The highest BCUT2D eigenvalue weighted by molar-refractivity contribution is 9.11. The van der Waals surface area contributed by atoms with E-state index in [0.717, 1.165) is 24.5 Å². The Morgan fingerprint density at radius 3 is 2.09 bits per heavy atom. The summed E-state index contributed by atoms with van der Waals surface area (Å²) in [6, 6.07) is 16.5. The molecule has 1 N–H and O–H groups in total. The van der Waals surface area contributed by atoms with Gasteiger partial charge in [0.15, 0.2) is 0 Å². The molecule has 3 aromatic rings. The summed E-state index contributed by atoms with van der Waals surface area (Å²) in [5.74, 6) is 1.33. The molecule has 3 rings (SSSR count). The molecule has 0 aliphatic heterocycles. The quantitative estimate of drug-likeness (QED) is 0.234. The van der Waals surface area contributed by atoms with Crippen molar-refractivity contribution >= 4 is 59.9 Å². The van der Waals surface area contributed by atoms with Crippen molar-refractivity contribution < 1.29 is 19.0 Å².